The number of fused-ring (bicyclic) bond motifs is 1. The fourth-order valence-corrected chi connectivity index (χ4v) is 3.90. The number of hydrogen-bond donors (Lipinski definition) is 0. The van der Waals surface area contributed by atoms with E-state index < -0.39 is 0 Å². The van der Waals surface area contributed by atoms with Crippen LogP contribution in [0.1, 0.15) is 5.69 Å². The van der Waals surface area contributed by atoms with E-state index in [2.05, 4.69) is 25.2 Å². The minimum Gasteiger partial charge on any atom is -0.476 e. The van der Waals surface area contributed by atoms with Crippen molar-refractivity contribution in [1.82, 2.24) is 15.0 Å². The van der Waals surface area contributed by atoms with E-state index in [0.717, 1.165) is 68.4 Å². The largest absolute Gasteiger partial charge is 0.476 e. The van der Waals surface area contributed by atoms with Crippen LogP contribution < -0.4 is 9.64 Å². The molecule has 5 rings (SSSR count). The van der Waals surface area contributed by atoms with E-state index in [1.165, 1.54) is 0 Å². The van der Waals surface area contributed by atoms with Gasteiger partial charge >= 0.3 is 0 Å². The molecule has 2 aliphatic rings. The number of benzene rings is 1. The Morgan fingerprint density at radius 2 is 1.76 bits per heavy atom. The fraction of sp³-hybridized carbons (Fsp3) is 0.478. The van der Waals surface area contributed by atoms with Crippen molar-refractivity contribution in [3.63, 3.8) is 0 Å². The highest BCUT2D eigenvalue weighted by Crippen LogP contribution is 2.27. The summed E-state index contributed by atoms with van der Waals surface area (Å²) >= 11 is 0. The van der Waals surface area contributed by atoms with Crippen LogP contribution in [0.3, 0.4) is 0 Å². The molecular weight excluding hydrogens is 424 g/mol. The quantitative estimate of drug-likeness (QED) is 0.481. The van der Waals surface area contributed by atoms with Gasteiger partial charge in [-0.05, 0) is 12.1 Å². The van der Waals surface area contributed by atoms with Gasteiger partial charge in [0.1, 0.15) is 24.7 Å². The number of aromatic nitrogens is 2. The Morgan fingerprint density at radius 3 is 2.61 bits per heavy atom. The van der Waals surface area contributed by atoms with E-state index in [4.69, 9.17) is 23.7 Å². The topological polar surface area (TPSA) is 97.8 Å². The number of hydrogen-bond acceptors (Lipinski definition) is 10. The van der Waals surface area contributed by atoms with E-state index >= 15 is 0 Å². The Balaban J connectivity index is 1.29. The normalized spacial score (nSPS) is 17.8. The summed E-state index contributed by atoms with van der Waals surface area (Å²) in [5, 5.41) is 13.9. The van der Waals surface area contributed by atoms with E-state index in [1.54, 1.807) is 0 Å². The van der Waals surface area contributed by atoms with Crippen molar-refractivity contribution < 1.29 is 18.7 Å². The lowest BCUT2D eigenvalue weighted by atomic mass is 10.2. The number of anilines is 1. The molecule has 0 radical (unpaired) electrons. The van der Waals surface area contributed by atoms with Crippen LogP contribution in [0.2, 0.25) is 0 Å². The van der Waals surface area contributed by atoms with Gasteiger partial charge in [-0.25, -0.2) is 0 Å². The predicted molar refractivity (Wildman–Crippen MR) is 122 cm³/mol. The van der Waals surface area contributed by atoms with Gasteiger partial charge in [0.25, 0.3) is 0 Å². The monoisotopic (exact) mass is 452 g/mol. The van der Waals surface area contributed by atoms with Crippen molar-refractivity contribution in [1.29, 1.82) is 0 Å². The van der Waals surface area contributed by atoms with Crippen LogP contribution in [0.25, 0.3) is 11.0 Å². The summed E-state index contributed by atoms with van der Waals surface area (Å²) in [6.07, 6.45) is 0. The number of nitrogens with zero attached hydrogens (tertiary/aromatic N) is 6. The fourth-order valence-electron chi connectivity index (χ4n) is 3.90. The van der Waals surface area contributed by atoms with Gasteiger partial charge in [0.05, 0.1) is 32.1 Å². The lowest BCUT2D eigenvalue weighted by molar-refractivity contribution is 0.0320. The molecule has 174 valence electrons. The van der Waals surface area contributed by atoms with Crippen LogP contribution >= 0.6 is 0 Å². The number of ether oxygens (including phenoxy) is 3. The third-order valence-electron chi connectivity index (χ3n) is 5.73. The molecule has 0 saturated carbocycles. The highest BCUT2D eigenvalue weighted by atomic mass is 16.5. The number of azo groups is 1. The molecule has 3 aromatic rings. The van der Waals surface area contributed by atoms with Crippen molar-refractivity contribution >= 4 is 22.5 Å². The summed E-state index contributed by atoms with van der Waals surface area (Å²) in [5.74, 6) is 1.37. The van der Waals surface area contributed by atoms with Crippen LogP contribution in [0.15, 0.2) is 51.1 Å². The maximum absolute atomic E-state index is 6.01. The zero-order valence-corrected chi connectivity index (χ0v) is 18.6. The van der Waals surface area contributed by atoms with Crippen molar-refractivity contribution in [2.45, 2.75) is 6.54 Å². The summed E-state index contributed by atoms with van der Waals surface area (Å²) in [6, 6.07) is 11.5. The summed E-state index contributed by atoms with van der Waals surface area (Å²) in [5.41, 5.74) is 2.21. The lowest BCUT2D eigenvalue weighted by Gasteiger charge is -2.28. The number of para-hydroxylation sites is 1. The Kier molecular flexibility index (Phi) is 7.05. The van der Waals surface area contributed by atoms with Crippen LogP contribution in [0.5, 0.6) is 5.88 Å². The van der Waals surface area contributed by atoms with Gasteiger partial charge in [0.2, 0.25) is 5.88 Å². The van der Waals surface area contributed by atoms with Crippen LogP contribution in [-0.2, 0) is 16.0 Å². The zero-order chi connectivity index (χ0) is 22.3. The van der Waals surface area contributed by atoms with Crippen LogP contribution in [0, 0.1) is 0 Å². The summed E-state index contributed by atoms with van der Waals surface area (Å²) in [4.78, 5) is 9.23. The third kappa shape index (κ3) is 5.65. The smallest absolute Gasteiger partial charge is 0.217 e. The van der Waals surface area contributed by atoms with E-state index in [9.17, 15) is 0 Å². The van der Waals surface area contributed by atoms with Crippen molar-refractivity contribution in [3.05, 3.63) is 42.1 Å². The zero-order valence-electron chi connectivity index (χ0n) is 18.6. The van der Waals surface area contributed by atoms with Gasteiger partial charge in [-0.1, -0.05) is 17.3 Å². The molecule has 4 heterocycles. The molecule has 0 spiro atoms. The summed E-state index contributed by atoms with van der Waals surface area (Å²) < 4.78 is 22.3. The molecule has 33 heavy (non-hydrogen) atoms. The summed E-state index contributed by atoms with van der Waals surface area (Å²) in [6.45, 7) is 8.06. The molecule has 0 bridgehead atoms. The molecule has 0 unspecified atom stereocenters. The molecule has 10 nitrogen and oxygen atoms in total. The predicted octanol–water partition coefficient (Wildman–Crippen LogP) is 3.05. The maximum atomic E-state index is 6.01. The number of morpholine rings is 2. The molecule has 10 heteroatoms. The first-order valence-corrected chi connectivity index (χ1v) is 11.3. The first-order valence-electron chi connectivity index (χ1n) is 11.3. The molecule has 0 aliphatic carbocycles. The molecule has 1 aromatic carbocycles. The van der Waals surface area contributed by atoms with Crippen molar-refractivity contribution in [3.8, 4) is 5.88 Å². The highest BCUT2D eigenvalue weighted by molar-refractivity contribution is 5.79. The molecule has 2 fully saturated rings. The van der Waals surface area contributed by atoms with Gasteiger partial charge < -0.3 is 23.6 Å². The molecule has 2 aromatic heterocycles. The van der Waals surface area contributed by atoms with Crippen LogP contribution in [-0.4, -0.2) is 80.8 Å². The maximum Gasteiger partial charge on any atom is 0.217 e. The highest BCUT2D eigenvalue weighted by Gasteiger charge is 2.16. The molecule has 0 atom stereocenters. The minimum absolute atomic E-state index is 0.333. The van der Waals surface area contributed by atoms with E-state index in [1.807, 2.05) is 36.4 Å². The average molecular weight is 453 g/mol. The van der Waals surface area contributed by atoms with Gasteiger partial charge in [-0.15, -0.1) is 0 Å². The average Bonchev–Trinajstić information content (AvgIpc) is 3.28. The van der Waals surface area contributed by atoms with Gasteiger partial charge in [-0.3, -0.25) is 4.90 Å². The standard InChI is InChI=1S/C23H28N6O4/c1-2-4-21-19(3-1)20(27-33-21)17-24-26-18-15-22(29-8-12-31-13-9-29)25-23(16-18)32-14-7-28-5-10-30-11-6-28/h1-4,15-16H,5-14,17H2. The van der Waals surface area contributed by atoms with Crippen molar-refractivity contribution in [2.24, 2.45) is 10.2 Å². The number of rotatable bonds is 8. The second kappa shape index (κ2) is 10.7. The SMILES string of the molecule is c1ccc2c(CN=Nc3cc(OCCN4CCOCC4)nc(N4CCOCC4)c3)noc2c1. The Hall–Kier alpha value is -3.08. The molecule has 0 amide bonds. The lowest BCUT2D eigenvalue weighted by Crippen LogP contribution is -2.38. The Morgan fingerprint density at radius 1 is 0.970 bits per heavy atom. The first kappa shape index (κ1) is 21.7. The van der Waals surface area contributed by atoms with Crippen molar-refractivity contribution in [2.75, 3.05) is 70.7 Å². The second-order valence-electron chi connectivity index (χ2n) is 7.95. The van der Waals surface area contributed by atoms with Crippen LogP contribution in [0.4, 0.5) is 11.5 Å². The molecule has 2 saturated heterocycles. The van der Waals surface area contributed by atoms with Gasteiger partial charge in [-0.2, -0.15) is 15.2 Å². The van der Waals surface area contributed by atoms with Gasteiger partial charge in [0.15, 0.2) is 5.58 Å². The first-order chi connectivity index (χ1) is 16.3. The minimum atomic E-state index is 0.333. The number of pyridine rings is 1. The molecular formula is C23H28N6O4. The second-order valence-corrected chi connectivity index (χ2v) is 7.95. The molecule has 2 aliphatic heterocycles. The Bertz CT molecular complexity index is 1080. The third-order valence-corrected chi connectivity index (χ3v) is 5.73. The molecule has 0 N–H and O–H groups in total. The van der Waals surface area contributed by atoms with E-state index in [0.29, 0.717) is 37.9 Å². The van der Waals surface area contributed by atoms with E-state index in [-0.39, 0.29) is 0 Å². The summed E-state index contributed by atoms with van der Waals surface area (Å²) in [7, 11) is 0. The van der Waals surface area contributed by atoms with Gasteiger partial charge in [0, 0.05) is 50.2 Å². The Labute approximate surface area is 192 Å².